The fraction of sp³-hybridized carbons (Fsp3) is 0.0417. The molecule has 32 heavy (non-hydrogen) atoms. The molecule has 4 N–H and O–H groups in total. The number of nitrogens with two attached hydrogens (primary N) is 1. The minimum absolute atomic E-state index is 0.0507. The molecule has 0 saturated carbocycles. The maximum absolute atomic E-state index is 13.2. The molecule has 0 fully saturated rings. The molecular weight excluding hydrogens is 422 g/mol. The largest absolute Gasteiger partial charge is 0.438 e. The average molecular weight is 437 g/mol. The van der Waals surface area contributed by atoms with Gasteiger partial charge < -0.3 is 20.8 Å². The quantitative estimate of drug-likeness (QED) is 0.435. The molecule has 5 rings (SSSR count). The summed E-state index contributed by atoms with van der Waals surface area (Å²) in [6, 6.07) is 22.9. The van der Waals surface area contributed by atoms with Gasteiger partial charge in [0.15, 0.2) is 5.75 Å². The Balaban J connectivity index is 1.77. The number of nitriles is 2. The van der Waals surface area contributed by atoms with E-state index in [9.17, 15) is 15.3 Å². The zero-order chi connectivity index (χ0) is 22.2. The Morgan fingerprint density at radius 1 is 1.03 bits per heavy atom. The van der Waals surface area contributed by atoms with Crippen molar-refractivity contribution in [1.82, 2.24) is 4.98 Å². The topological polar surface area (TPSA) is 128 Å². The molecule has 7 nitrogen and oxygen atoms in total. The second-order valence-corrected chi connectivity index (χ2v) is 8.17. The van der Waals surface area contributed by atoms with Gasteiger partial charge in [0.05, 0.1) is 21.7 Å². The number of thiophene rings is 1. The summed E-state index contributed by atoms with van der Waals surface area (Å²) in [5.41, 5.74) is 8.40. The van der Waals surface area contributed by atoms with Crippen molar-refractivity contribution >= 4 is 32.2 Å². The van der Waals surface area contributed by atoms with E-state index in [0.29, 0.717) is 26.3 Å². The molecule has 2 aromatic carbocycles. The first kappa shape index (κ1) is 19.4. The number of hydrogen-bond donors (Lipinski definition) is 3. The summed E-state index contributed by atoms with van der Waals surface area (Å²) in [6.07, 6.45) is 0. The van der Waals surface area contributed by atoms with Crippen LogP contribution >= 0.6 is 11.3 Å². The molecule has 0 amide bonds. The number of rotatable bonds is 3. The first-order chi connectivity index (χ1) is 15.6. The van der Waals surface area contributed by atoms with Gasteiger partial charge in [-0.2, -0.15) is 10.5 Å². The number of allylic oxidation sites excluding steroid dienone is 1. The predicted molar refractivity (Wildman–Crippen MR) is 123 cm³/mol. The summed E-state index contributed by atoms with van der Waals surface area (Å²) in [5, 5.41) is 23.4. The minimum atomic E-state index is -0.670. The van der Waals surface area contributed by atoms with Gasteiger partial charge in [-0.1, -0.05) is 48.5 Å². The Hall–Kier alpha value is -4.53. The summed E-state index contributed by atoms with van der Waals surface area (Å²) in [4.78, 5) is 16.1. The lowest BCUT2D eigenvalue weighted by Gasteiger charge is -2.25. The molecule has 0 radical (unpaired) electrons. The van der Waals surface area contributed by atoms with Gasteiger partial charge in [0.25, 0.3) is 5.56 Å². The number of H-pyrrole nitrogens is 1. The fourth-order valence-corrected chi connectivity index (χ4v) is 5.00. The van der Waals surface area contributed by atoms with E-state index in [2.05, 4.69) is 22.4 Å². The van der Waals surface area contributed by atoms with Crippen LogP contribution in [0.4, 0.5) is 10.7 Å². The standard InChI is InChI=1S/C24H15N5O2S/c25-11-15-17(13-7-3-1-4-8-13)18-20(31-22(15)27)21-19(29-23(18)30)16(12-26)24(32-21)28-14-9-5-2-6-10-14/h1-10,17,28H,27H2,(H,29,30). The van der Waals surface area contributed by atoms with Gasteiger partial charge in [0.2, 0.25) is 5.88 Å². The fourth-order valence-electron chi connectivity index (χ4n) is 3.88. The number of hydrogen-bond acceptors (Lipinski definition) is 7. The lowest BCUT2D eigenvalue weighted by atomic mass is 9.84. The monoisotopic (exact) mass is 437 g/mol. The number of nitrogens with zero attached hydrogens (tertiary/aromatic N) is 2. The van der Waals surface area contributed by atoms with Crippen molar-refractivity contribution in [3.8, 4) is 17.9 Å². The van der Waals surface area contributed by atoms with E-state index in [1.807, 2.05) is 60.7 Å². The number of para-hydroxylation sites is 1. The average Bonchev–Trinajstić information content (AvgIpc) is 3.16. The second-order valence-electron chi connectivity index (χ2n) is 7.15. The number of pyridine rings is 1. The van der Waals surface area contributed by atoms with Crippen LogP contribution in [0, 0.1) is 22.7 Å². The van der Waals surface area contributed by atoms with Crippen molar-refractivity contribution in [3.05, 3.63) is 99.2 Å². The summed E-state index contributed by atoms with van der Waals surface area (Å²) in [6.45, 7) is 0. The Labute approximate surface area is 186 Å². The summed E-state index contributed by atoms with van der Waals surface area (Å²) in [7, 11) is 0. The number of ether oxygens (including phenoxy) is 1. The molecule has 1 aliphatic rings. The van der Waals surface area contributed by atoms with E-state index < -0.39 is 11.5 Å². The SMILES string of the molecule is N#CC1=C(N)Oc2c(c(=O)[nH]c3c(C#N)c(Nc4ccccc4)sc23)C1c1ccccc1. The van der Waals surface area contributed by atoms with Crippen LogP contribution in [-0.4, -0.2) is 4.98 Å². The molecule has 0 saturated heterocycles. The normalized spacial score (nSPS) is 14.9. The van der Waals surface area contributed by atoms with Crippen LogP contribution in [0.15, 0.2) is 76.9 Å². The van der Waals surface area contributed by atoms with Crippen LogP contribution in [0.3, 0.4) is 0 Å². The zero-order valence-electron chi connectivity index (χ0n) is 16.5. The molecule has 3 heterocycles. The molecule has 1 unspecified atom stereocenters. The number of nitrogens with one attached hydrogen (secondary N) is 2. The van der Waals surface area contributed by atoms with E-state index in [-0.39, 0.29) is 17.2 Å². The van der Waals surface area contributed by atoms with E-state index >= 15 is 0 Å². The van der Waals surface area contributed by atoms with Gasteiger partial charge in [0, 0.05) is 5.69 Å². The van der Waals surface area contributed by atoms with Gasteiger partial charge in [-0.05, 0) is 17.7 Å². The number of aromatic amines is 1. The van der Waals surface area contributed by atoms with Crippen molar-refractivity contribution < 1.29 is 4.74 Å². The van der Waals surface area contributed by atoms with Crippen molar-refractivity contribution in [2.75, 3.05) is 5.32 Å². The van der Waals surface area contributed by atoms with Gasteiger partial charge in [0.1, 0.15) is 28.3 Å². The molecule has 4 aromatic rings. The van der Waals surface area contributed by atoms with Crippen LogP contribution in [0.1, 0.15) is 22.6 Å². The lowest BCUT2D eigenvalue weighted by Crippen LogP contribution is -2.27. The molecule has 2 aromatic heterocycles. The minimum Gasteiger partial charge on any atom is -0.438 e. The van der Waals surface area contributed by atoms with Crippen LogP contribution in [0.5, 0.6) is 5.75 Å². The first-order valence-corrected chi connectivity index (χ1v) is 10.5. The zero-order valence-corrected chi connectivity index (χ0v) is 17.4. The molecule has 1 atom stereocenters. The Morgan fingerprint density at radius 3 is 2.38 bits per heavy atom. The Morgan fingerprint density at radius 2 is 1.72 bits per heavy atom. The van der Waals surface area contributed by atoms with Crippen molar-refractivity contribution in [1.29, 1.82) is 10.5 Å². The maximum Gasteiger partial charge on any atom is 0.256 e. The summed E-state index contributed by atoms with van der Waals surface area (Å²) in [5.74, 6) is -0.446. The molecule has 1 aliphatic heterocycles. The molecule has 0 bridgehead atoms. The van der Waals surface area contributed by atoms with E-state index in [1.54, 1.807) is 0 Å². The first-order valence-electron chi connectivity index (χ1n) is 9.69. The third-order valence-corrected chi connectivity index (χ3v) is 6.40. The number of aromatic nitrogens is 1. The van der Waals surface area contributed by atoms with E-state index in [4.69, 9.17) is 10.5 Å². The van der Waals surface area contributed by atoms with Gasteiger partial charge in [-0.25, -0.2) is 0 Å². The second kappa shape index (κ2) is 7.62. The van der Waals surface area contributed by atoms with Crippen molar-refractivity contribution in [3.63, 3.8) is 0 Å². The highest BCUT2D eigenvalue weighted by Crippen LogP contribution is 2.47. The Bertz CT molecular complexity index is 1520. The molecule has 0 aliphatic carbocycles. The van der Waals surface area contributed by atoms with Gasteiger partial charge >= 0.3 is 0 Å². The molecule has 0 spiro atoms. The van der Waals surface area contributed by atoms with Crippen molar-refractivity contribution in [2.45, 2.75) is 5.92 Å². The van der Waals surface area contributed by atoms with Crippen molar-refractivity contribution in [2.24, 2.45) is 5.73 Å². The third-order valence-electron chi connectivity index (χ3n) is 5.29. The number of fused-ring (bicyclic) bond motifs is 3. The van der Waals surface area contributed by atoms with E-state index in [1.165, 1.54) is 11.3 Å². The van der Waals surface area contributed by atoms with Gasteiger partial charge in [-0.3, -0.25) is 4.79 Å². The molecule has 154 valence electrons. The smallest absolute Gasteiger partial charge is 0.256 e. The highest BCUT2D eigenvalue weighted by Gasteiger charge is 2.35. The summed E-state index contributed by atoms with van der Waals surface area (Å²) >= 11 is 1.28. The third kappa shape index (κ3) is 2.99. The number of anilines is 2. The van der Waals surface area contributed by atoms with Gasteiger partial charge in [-0.15, -0.1) is 11.3 Å². The van der Waals surface area contributed by atoms with Crippen LogP contribution in [-0.2, 0) is 0 Å². The highest BCUT2D eigenvalue weighted by molar-refractivity contribution is 7.23. The Kier molecular flexibility index (Phi) is 4.63. The van der Waals surface area contributed by atoms with Crippen LogP contribution in [0.2, 0.25) is 0 Å². The van der Waals surface area contributed by atoms with Crippen LogP contribution in [0.25, 0.3) is 10.2 Å². The van der Waals surface area contributed by atoms with Crippen LogP contribution < -0.4 is 21.3 Å². The highest BCUT2D eigenvalue weighted by atomic mass is 32.1. The summed E-state index contributed by atoms with van der Waals surface area (Å²) < 4.78 is 6.41. The number of benzene rings is 2. The van der Waals surface area contributed by atoms with E-state index in [0.717, 1.165) is 11.3 Å². The predicted octanol–water partition coefficient (Wildman–Crippen LogP) is 4.42. The lowest BCUT2D eigenvalue weighted by molar-refractivity contribution is 0.397. The molecule has 8 heteroatoms. The maximum atomic E-state index is 13.2. The molecular formula is C24H15N5O2S.